The summed E-state index contributed by atoms with van der Waals surface area (Å²) >= 11 is 5.99. The maximum absolute atomic E-state index is 5.99. The van der Waals surface area contributed by atoms with Gasteiger partial charge in [0.05, 0.1) is 0 Å². The number of imidazole rings is 1. The van der Waals surface area contributed by atoms with Gasteiger partial charge in [-0.3, -0.25) is 0 Å². The molecule has 0 N–H and O–H groups in total. The lowest BCUT2D eigenvalue weighted by Gasteiger charge is -2.17. The second-order valence-electron chi connectivity index (χ2n) is 6.18. The van der Waals surface area contributed by atoms with E-state index >= 15 is 0 Å². The van der Waals surface area contributed by atoms with E-state index in [0.29, 0.717) is 0 Å². The zero-order chi connectivity index (χ0) is 16.5. The largest absolute Gasteiger partial charge is 0.371 e. The first kappa shape index (κ1) is 15.3. The first-order chi connectivity index (χ1) is 11.7. The van der Waals surface area contributed by atoms with Gasteiger partial charge in [-0.15, -0.1) is 0 Å². The Morgan fingerprint density at radius 3 is 2.75 bits per heavy atom. The molecule has 1 aliphatic heterocycles. The molecule has 2 aromatic carbocycles. The maximum atomic E-state index is 5.99. The average molecular weight is 338 g/mol. The molecule has 1 aromatic heterocycles. The van der Waals surface area contributed by atoms with Crippen LogP contribution in [0.5, 0.6) is 0 Å². The van der Waals surface area contributed by atoms with Gasteiger partial charge < -0.3 is 9.47 Å². The fraction of sp³-hybridized carbons (Fsp3) is 0.250. The van der Waals surface area contributed by atoms with Crippen LogP contribution in [0.25, 0.3) is 11.4 Å². The monoisotopic (exact) mass is 337 g/mol. The molecule has 0 atom stereocenters. The normalized spacial score (nSPS) is 13.3. The molecule has 0 fully saturated rings. The molecule has 4 heteroatoms. The summed E-state index contributed by atoms with van der Waals surface area (Å²) in [5, 5.41) is 0.746. The van der Waals surface area contributed by atoms with Gasteiger partial charge in [0.1, 0.15) is 5.82 Å². The van der Waals surface area contributed by atoms with Crippen molar-refractivity contribution < 1.29 is 0 Å². The Morgan fingerprint density at radius 1 is 1.12 bits per heavy atom. The molecule has 0 radical (unpaired) electrons. The zero-order valence-corrected chi connectivity index (χ0v) is 14.5. The number of hydrogen-bond donors (Lipinski definition) is 0. The Kier molecular flexibility index (Phi) is 4.03. The smallest absolute Gasteiger partial charge is 0.140 e. The summed E-state index contributed by atoms with van der Waals surface area (Å²) in [5.74, 6) is 0.974. The molecule has 24 heavy (non-hydrogen) atoms. The molecule has 3 nitrogen and oxygen atoms in total. The van der Waals surface area contributed by atoms with Gasteiger partial charge >= 0.3 is 0 Å². The van der Waals surface area contributed by atoms with E-state index in [2.05, 4.69) is 39.6 Å². The predicted octanol–water partition coefficient (Wildman–Crippen LogP) is 4.63. The van der Waals surface area contributed by atoms with Gasteiger partial charge in [0, 0.05) is 48.3 Å². The number of rotatable bonds is 4. The Balaban J connectivity index is 1.61. The van der Waals surface area contributed by atoms with Crippen molar-refractivity contribution in [2.45, 2.75) is 19.9 Å². The van der Waals surface area contributed by atoms with E-state index in [1.54, 1.807) is 0 Å². The van der Waals surface area contributed by atoms with Crippen LogP contribution in [0.15, 0.2) is 54.9 Å². The highest BCUT2D eigenvalue weighted by molar-refractivity contribution is 6.30. The topological polar surface area (TPSA) is 21.1 Å². The van der Waals surface area contributed by atoms with Crippen LogP contribution >= 0.6 is 11.6 Å². The van der Waals surface area contributed by atoms with Crippen molar-refractivity contribution in [3.05, 3.63) is 71.0 Å². The minimum Gasteiger partial charge on any atom is -0.371 e. The second-order valence-corrected chi connectivity index (χ2v) is 6.61. The van der Waals surface area contributed by atoms with Gasteiger partial charge in [-0.1, -0.05) is 23.7 Å². The predicted molar refractivity (Wildman–Crippen MR) is 99.8 cm³/mol. The zero-order valence-electron chi connectivity index (χ0n) is 13.7. The van der Waals surface area contributed by atoms with Crippen molar-refractivity contribution in [2.24, 2.45) is 0 Å². The lowest BCUT2D eigenvalue weighted by Crippen LogP contribution is -2.19. The number of nitrogens with zero attached hydrogens (tertiary/aromatic N) is 3. The molecule has 0 spiro atoms. The molecule has 0 aliphatic carbocycles. The van der Waals surface area contributed by atoms with Gasteiger partial charge in [0.25, 0.3) is 0 Å². The van der Waals surface area contributed by atoms with Crippen LogP contribution in [0.3, 0.4) is 0 Å². The number of aromatic nitrogens is 2. The SMILES string of the molecule is CCN1CCc2cc(Cn3ccnc3-c3ccc(Cl)cc3)ccc21. The number of anilines is 1. The quantitative estimate of drug-likeness (QED) is 0.692. The van der Waals surface area contributed by atoms with Crippen LogP contribution in [0.1, 0.15) is 18.1 Å². The lowest BCUT2D eigenvalue weighted by atomic mass is 10.1. The molecular formula is C20H20ClN3. The molecule has 0 saturated carbocycles. The first-order valence-electron chi connectivity index (χ1n) is 8.38. The summed E-state index contributed by atoms with van der Waals surface area (Å²) in [4.78, 5) is 6.96. The van der Waals surface area contributed by atoms with Crippen LogP contribution in [0.2, 0.25) is 5.02 Å². The van der Waals surface area contributed by atoms with E-state index < -0.39 is 0 Å². The highest BCUT2D eigenvalue weighted by atomic mass is 35.5. The maximum Gasteiger partial charge on any atom is 0.140 e. The standard InChI is InChI=1S/C20H20ClN3/c1-2-23-11-9-17-13-15(3-8-19(17)23)14-24-12-10-22-20(24)16-4-6-18(21)7-5-16/h3-8,10,12-13H,2,9,11,14H2,1H3. The number of hydrogen-bond acceptors (Lipinski definition) is 2. The minimum absolute atomic E-state index is 0.746. The summed E-state index contributed by atoms with van der Waals surface area (Å²) in [6.45, 7) is 5.26. The molecule has 0 saturated heterocycles. The van der Waals surface area contributed by atoms with Crippen LogP contribution < -0.4 is 4.90 Å². The van der Waals surface area contributed by atoms with Gasteiger partial charge in [-0.2, -0.15) is 0 Å². The van der Waals surface area contributed by atoms with Gasteiger partial charge in [0.15, 0.2) is 0 Å². The van der Waals surface area contributed by atoms with E-state index in [4.69, 9.17) is 11.6 Å². The molecule has 1 aliphatic rings. The van der Waals surface area contributed by atoms with Crippen LogP contribution in [-0.2, 0) is 13.0 Å². The number of likely N-dealkylation sites (N-methyl/N-ethyl adjacent to an activating group) is 1. The van der Waals surface area contributed by atoms with Crippen molar-refractivity contribution in [3.63, 3.8) is 0 Å². The Labute approximate surface area is 147 Å². The minimum atomic E-state index is 0.746. The van der Waals surface area contributed by atoms with Crippen molar-refractivity contribution in [2.75, 3.05) is 18.0 Å². The highest BCUT2D eigenvalue weighted by Crippen LogP contribution is 2.29. The number of benzene rings is 2. The third-order valence-electron chi connectivity index (χ3n) is 4.69. The van der Waals surface area contributed by atoms with Crippen LogP contribution in [0.4, 0.5) is 5.69 Å². The number of halogens is 1. The van der Waals surface area contributed by atoms with Crippen LogP contribution in [-0.4, -0.2) is 22.6 Å². The van der Waals surface area contributed by atoms with E-state index in [9.17, 15) is 0 Å². The van der Waals surface area contributed by atoms with Crippen molar-refractivity contribution >= 4 is 17.3 Å². The second kappa shape index (κ2) is 6.33. The Hall–Kier alpha value is -2.26. The molecule has 4 rings (SSSR count). The van der Waals surface area contributed by atoms with Gasteiger partial charge in [-0.25, -0.2) is 4.98 Å². The van der Waals surface area contributed by atoms with Crippen molar-refractivity contribution in [3.8, 4) is 11.4 Å². The van der Waals surface area contributed by atoms with E-state index in [1.807, 2.05) is 36.7 Å². The van der Waals surface area contributed by atoms with E-state index in [1.165, 1.54) is 16.8 Å². The van der Waals surface area contributed by atoms with E-state index in [0.717, 1.165) is 42.5 Å². The summed E-state index contributed by atoms with van der Waals surface area (Å²) in [5.41, 5.74) is 5.26. The summed E-state index contributed by atoms with van der Waals surface area (Å²) < 4.78 is 2.19. The third-order valence-corrected chi connectivity index (χ3v) is 4.94. The molecule has 0 amide bonds. The number of fused-ring (bicyclic) bond motifs is 1. The van der Waals surface area contributed by atoms with Crippen molar-refractivity contribution in [1.29, 1.82) is 0 Å². The summed E-state index contributed by atoms with van der Waals surface area (Å²) in [6, 6.07) is 14.7. The summed E-state index contributed by atoms with van der Waals surface area (Å²) in [7, 11) is 0. The fourth-order valence-electron chi connectivity index (χ4n) is 3.44. The molecule has 0 bridgehead atoms. The summed E-state index contributed by atoms with van der Waals surface area (Å²) in [6.07, 6.45) is 5.04. The Bertz CT molecular complexity index is 852. The molecule has 3 aromatic rings. The lowest BCUT2D eigenvalue weighted by molar-refractivity contribution is 0.806. The molecular weight excluding hydrogens is 318 g/mol. The van der Waals surface area contributed by atoms with Gasteiger partial charge in [0.2, 0.25) is 0 Å². The van der Waals surface area contributed by atoms with Crippen molar-refractivity contribution in [1.82, 2.24) is 9.55 Å². The first-order valence-corrected chi connectivity index (χ1v) is 8.76. The average Bonchev–Trinajstić information content (AvgIpc) is 3.22. The van der Waals surface area contributed by atoms with E-state index in [-0.39, 0.29) is 0 Å². The van der Waals surface area contributed by atoms with Crippen LogP contribution in [0, 0.1) is 0 Å². The third kappa shape index (κ3) is 2.80. The van der Waals surface area contributed by atoms with Gasteiger partial charge in [-0.05, 0) is 54.8 Å². The fourth-order valence-corrected chi connectivity index (χ4v) is 3.57. The molecule has 2 heterocycles. The highest BCUT2D eigenvalue weighted by Gasteiger charge is 2.17. The Morgan fingerprint density at radius 2 is 1.96 bits per heavy atom. The molecule has 0 unspecified atom stereocenters. The molecule has 122 valence electrons.